The molecule has 0 spiro atoms. The number of aryl methyl sites for hydroxylation is 1. The summed E-state index contributed by atoms with van der Waals surface area (Å²) in [6, 6.07) is 2.02. The van der Waals surface area contributed by atoms with Gasteiger partial charge in [0, 0.05) is 26.3 Å². The van der Waals surface area contributed by atoms with E-state index in [0.29, 0.717) is 0 Å². The quantitative estimate of drug-likeness (QED) is 0.730. The minimum absolute atomic E-state index is 0.0254. The van der Waals surface area contributed by atoms with Crippen molar-refractivity contribution < 1.29 is 9.53 Å². The first kappa shape index (κ1) is 12.1. The van der Waals surface area contributed by atoms with Gasteiger partial charge in [-0.1, -0.05) is 0 Å². The summed E-state index contributed by atoms with van der Waals surface area (Å²) in [7, 11) is 3.37. The molecule has 0 saturated carbocycles. The normalized spacial score (nSPS) is 21.4. The molecule has 94 valence electrons. The van der Waals surface area contributed by atoms with E-state index in [-0.39, 0.29) is 11.9 Å². The van der Waals surface area contributed by atoms with Crippen molar-refractivity contribution in [3.05, 3.63) is 18.0 Å². The van der Waals surface area contributed by atoms with Gasteiger partial charge in [-0.15, -0.1) is 0 Å². The van der Waals surface area contributed by atoms with E-state index in [1.54, 1.807) is 4.68 Å². The molecule has 5 heteroatoms. The van der Waals surface area contributed by atoms with Gasteiger partial charge < -0.3 is 4.74 Å². The van der Waals surface area contributed by atoms with Crippen LogP contribution in [0.3, 0.4) is 0 Å². The minimum Gasteiger partial charge on any atom is -0.469 e. The maximum atomic E-state index is 11.5. The molecule has 0 radical (unpaired) electrons. The molecule has 1 aliphatic heterocycles. The van der Waals surface area contributed by atoms with Crippen LogP contribution in [0, 0.1) is 5.92 Å². The molecule has 1 atom stereocenters. The number of hydrogen-bond acceptors (Lipinski definition) is 4. The molecule has 1 aliphatic rings. The van der Waals surface area contributed by atoms with E-state index in [4.69, 9.17) is 4.74 Å². The lowest BCUT2D eigenvalue weighted by atomic mass is 9.98. The summed E-state index contributed by atoms with van der Waals surface area (Å²) in [4.78, 5) is 13.8. The highest BCUT2D eigenvalue weighted by atomic mass is 16.5. The Bertz CT molecular complexity index is 389. The first-order valence-electron chi connectivity index (χ1n) is 5.97. The van der Waals surface area contributed by atoms with E-state index < -0.39 is 0 Å². The molecule has 0 N–H and O–H groups in total. The molecule has 0 aliphatic carbocycles. The van der Waals surface area contributed by atoms with Gasteiger partial charge in [-0.2, -0.15) is 5.10 Å². The van der Waals surface area contributed by atoms with Crippen LogP contribution >= 0.6 is 0 Å². The van der Waals surface area contributed by atoms with Crippen molar-refractivity contribution in [3.63, 3.8) is 0 Å². The average Bonchev–Trinajstić information content (AvgIpc) is 2.74. The Balaban J connectivity index is 1.91. The topological polar surface area (TPSA) is 47.4 Å². The van der Waals surface area contributed by atoms with E-state index in [2.05, 4.69) is 10.00 Å². The maximum Gasteiger partial charge on any atom is 0.309 e. The first-order valence-corrected chi connectivity index (χ1v) is 5.97. The van der Waals surface area contributed by atoms with Crippen LogP contribution < -0.4 is 0 Å². The van der Waals surface area contributed by atoms with E-state index in [1.165, 1.54) is 7.11 Å². The molecule has 0 bridgehead atoms. The maximum absolute atomic E-state index is 11.5. The number of ether oxygens (including phenoxy) is 1. The van der Waals surface area contributed by atoms with Crippen LogP contribution in [0.4, 0.5) is 0 Å². The summed E-state index contributed by atoms with van der Waals surface area (Å²) in [6.45, 7) is 2.63. The first-order chi connectivity index (χ1) is 8.19. The van der Waals surface area contributed by atoms with E-state index in [9.17, 15) is 4.79 Å². The highest BCUT2D eigenvalue weighted by Gasteiger charge is 2.26. The number of esters is 1. The molecule has 5 nitrogen and oxygen atoms in total. The van der Waals surface area contributed by atoms with Crippen molar-refractivity contribution in [2.24, 2.45) is 13.0 Å². The second-order valence-corrected chi connectivity index (χ2v) is 4.58. The standard InChI is InChI=1S/C12H19N3O2/c1-14-7-5-11(13-14)9-15-6-3-4-10(8-15)12(16)17-2/h5,7,10H,3-4,6,8-9H2,1-2H3/t10-/m0/s1. The number of hydrogen-bond donors (Lipinski definition) is 0. The van der Waals surface area contributed by atoms with Crippen molar-refractivity contribution in [1.82, 2.24) is 14.7 Å². The summed E-state index contributed by atoms with van der Waals surface area (Å²) < 4.78 is 6.61. The summed E-state index contributed by atoms with van der Waals surface area (Å²) >= 11 is 0. The third-order valence-corrected chi connectivity index (χ3v) is 3.19. The molecule has 2 rings (SSSR count). The number of aromatic nitrogens is 2. The van der Waals surface area contributed by atoms with E-state index >= 15 is 0 Å². The number of likely N-dealkylation sites (tertiary alicyclic amines) is 1. The molecule has 17 heavy (non-hydrogen) atoms. The molecule has 1 fully saturated rings. The van der Waals surface area contributed by atoms with Gasteiger partial charge in [-0.05, 0) is 25.5 Å². The summed E-state index contributed by atoms with van der Waals surface area (Å²) in [5.74, 6) is -0.0619. The van der Waals surface area contributed by atoms with Crippen LogP contribution in [0.1, 0.15) is 18.5 Å². The van der Waals surface area contributed by atoms with Gasteiger partial charge in [-0.25, -0.2) is 0 Å². The lowest BCUT2D eigenvalue weighted by Crippen LogP contribution is -2.38. The predicted molar refractivity (Wildman–Crippen MR) is 63.2 cm³/mol. The van der Waals surface area contributed by atoms with Crippen LogP contribution in [0.25, 0.3) is 0 Å². The van der Waals surface area contributed by atoms with Gasteiger partial charge in [0.1, 0.15) is 0 Å². The number of carbonyl (C=O) groups is 1. The summed E-state index contributed by atoms with van der Waals surface area (Å²) in [5, 5.41) is 4.35. The molecule has 2 heterocycles. The van der Waals surface area contributed by atoms with Crippen molar-refractivity contribution in [1.29, 1.82) is 0 Å². The van der Waals surface area contributed by atoms with Gasteiger partial charge in [0.2, 0.25) is 0 Å². The van der Waals surface area contributed by atoms with E-state index in [1.807, 2.05) is 19.3 Å². The van der Waals surface area contributed by atoms with Gasteiger partial charge in [0.05, 0.1) is 18.7 Å². The molecule has 0 unspecified atom stereocenters. The fourth-order valence-corrected chi connectivity index (χ4v) is 2.33. The molecule has 0 aromatic carbocycles. The fraction of sp³-hybridized carbons (Fsp3) is 0.667. The van der Waals surface area contributed by atoms with Crippen LogP contribution in [0.5, 0.6) is 0 Å². The number of carbonyl (C=O) groups excluding carboxylic acids is 1. The third-order valence-electron chi connectivity index (χ3n) is 3.19. The van der Waals surface area contributed by atoms with Gasteiger partial charge in [0.15, 0.2) is 0 Å². The second-order valence-electron chi connectivity index (χ2n) is 4.58. The largest absolute Gasteiger partial charge is 0.469 e. The Morgan fingerprint density at radius 1 is 1.65 bits per heavy atom. The SMILES string of the molecule is COC(=O)[C@H]1CCCN(Cc2ccn(C)n2)C1. The van der Waals surface area contributed by atoms with Crippen LogP contribution in [0.15, 0.2) is 12.3 Å². The summed E-state index contributed by atoms with van der Waals surface area (Å²) in [6.07, 6.45) is 3.93. The molecular formula is C12H19N3O2. The number of rotatable bonds is 3. The number of nitrogens with zero attached hydrogens (tertiary/aromatic N) is 3. The monoisotopic (exact) mass is 237 g/mol. The molecule has 1 aromatic rings. The Kier molecular flexibility index (Phi) is 3.78. The zero-order chi connectivity index (χ0) is 12.3. The van der Waals surface area contributed by atoms with Crippen molar-refractivity contribution in [2.75, 3.05) is 20.2 Å². The highest BCUT2D eigenvalue weighted by Crippen LogP contribution is 2.19. The molecule has 1 aromatic heterocycles. The summed E-state index contributed by atoms with van der Waals surface area (Å²) in [5.41, 5.74) is 1.05. The van der Waals surface area contributed by atoms with E-state index in [0.717, 1.165) is 38.2 Å². The Labute approximate surface area is 101 Å². The Morgan fingerprint density at radius 3 is 3.12 bits per heavy atom. The van der Waals surface area contributed by atoms with Crippen molar-refractivity contribution in [2.45, 2.75) is 19.4 Å². The Morgan fingerprint density at radius 2 is 2.47 bits per heavy atom. The van der Waals surface area contributed by atoms with Crippen molar-refractivity contribution >= 4 is 5.97 Å². The zero-order valence-corrected chi connectivity index (χ0v) is 10.4. The second kappa shape index (κ2) is 5.31. The zero-order valence-electron chi connectivity index (χ0n) is 10.4. The number of piperidine rings is 1. The van der Waals surface area contributed by atoms with Crippen molar-refractivity contribution in [3.8, 4) is 0 Å². The average molecular weight is 237 g/mol. The minimum atomic E-state index is -0.0873. The lowest BCUT2D eigenvalue weighted by molar-refractivity contribution is -0.147. The van der Waals surface area contributed by atoms with Gasteiger partial charge >= 0.3 is 5.97 Å². The van der Waals surface area contributed by atoms with Gasteiger partial charge in [-0.3, -0.25) is 14.4 Å². The lowest BCUT2D eigenvalue weighted by Gasteiger charge is -2.30. The van der Waals surface area contributed by atoms with Crippen LogP contribution in [-0.2, 0) is 23.1 Å². The van der Waals surface area contributed by atoms with Crippen LogP contribution in [-0.4, -0.2) is 40.8 Å². The third kappa shape index (κ3) is 3.06. The highest BCUT2D eigenvalue weighted by molar-refractivity contribution is 5.72. The predicted octanol–water partition coefficient (Wildman–Crippen LogP) is 0.805. The van der Waals surface area contributed by atoms with Gasteiger partial charge in [0.25, 0.3) is 0 Å². The Hall–Kier alpha value is -1.36. The fourth-order valence-electron chi connectivity index (χ4n) is 2.33. The molecular weight excluding hydrogens is 218 g/mol. The smallest absolute Gasteiger partial charge is 0.309 e. The number of methoxy groups -OCH3 is 1. The van der Waals surface area contributed by atoms with Crippen LogP contribution in [0.2, 0.25) is 0 Å². The molecule has 0 amide bonds. The molecule has 1 saturated heterocycles.